The van der Waals surface area contributed by atoms with Crippen molar-refractivity contribution in [1.82, 2.24) is 9.88 Å². The van der Waals surface area contributed by atoms with Gasteiger partial charge in [0.25, 0.3) is 0 Å². The topological polar surface area (TPSA) is 42.8 Å². The van der Waals surface area contributed by atoms with E-state index in [1.165, 1.54) is 5.56 Å². The van der Waals surface area contributed by atoms with Crippen molar-refractivity contribution in [2.24, 2.45) is 0 Å². The van der Waals surface area contributed by atoms with Gasteiger partial charge in [-0.2, -0.15) is 5.26 Å². The number of nitrogens with one attached hydrogen (secondary N) is 1. The SMILES string of the molecule is CN(Cc1ccccc1)C(C#N)c1ccc[nH]1. The van der Waals surface area contributed by atoms with E-state index in [-0.39, 0.29) is 6.04 Å². The van der Waals surface area contributed by atoms with Gasteiger partial charge in [0.2, 0.25) is 0 Å². The van der Waals surface area contributed by atoms with Crippen molar-refractivity contribution in [2.75, 3.05) is 7.05 Å². The number of nitrogens with zero attached hydrogens (tertiary/aromatic N) is 2. The molecule has 0 amide bonds. The van der Waals surface area contributed by atoms with Crippen LogP contribution in [-0.2, 0) is 6.54 Å². The Labute approximate surface area is 101 Å². The summed E-state index contributed by atoms with van der Waals surface area (Å²) in [5, 5.41) is 9.23. The monoisotopic (exact) mass is 225 g/mol. The molecular formula is C14H15N3. The molecule has 0 aliphatic rings. The van der Waals surface area contributed by atoms with E-state index >= 15 is 0 Å². The van der Waals surface area contributed by atoms with Gasteiger partial charge in [-0.3, -0.25) is 4.90 Å². The standard InChI is InChI=1S/C14H15N3/c1-17(11-12-6-3-2-4-7-12)14(10-15)13-8-5-9-16-13/h2-9,14,16H,11H2,1H3. The van der Waals surface area contributed by atoms with Gasteiger partial charge in [-0.25, -0.2) is 0 Å². The number of H-pyrrole nitrogens is 1. The summed E-state index contributed by atoms with van der Waals surface area (Å²) in [6.07, 6.45) is 1.84. The van der Waals surface area contributed by atoms with Gasteiger partial charge in [0.15, 0.2) is 0 Å². The lowest BCUT2D eigenvalue weighted by Crippen LogP contribution is -2.23. The average molecular weight is 225 g/mol. The van der Waals surface area contributed by atoms with E-state index in [1.54, 1.807) is 0 Å². The lowest BCUT2D eigenvalue weighted by molar-refractivity contribution is 0.279. The number of rotatable bonds is 4. The van der Waals surface area contributed by atoms with Crippen LogP contribution in [0.2, 0.25) is 0 Å². The van der Waals surface area contributed by atoms with E-state index in [2.05, 4.69) is 23.2 Å². The number of aromatic nitrogens is 1. The first-order chi connectivity index (χ1) is 8.31. The molecule has 86 valence electrons. The highest BCUT2D eigenvalue weighted by molar-refractivity contribution is 5.19. The van der Waals surface area contributed by atoms with Crippen LogP contribution in [0.15, 0.2) is 48.7 Å². The Bertz CT molecular complexity index is 482. The first-order valence-electron chi connectivity index (χ1n) is 5.58. The molecule has 0 radical (unpaired) electrons. The van der Waals surface area contributed by atoms with Crippen LogP contribution in [0.4, 0.5) is 0 Å². The third kappa shape index (κ3) is 2.74. The number of nitriles is 1. The van der Waals surface area contributed by atoms with Crippen LogP contribution < -0.4 is 0 Å². The molecule has 1 N–H and O–H groups in total. The predicted octanol–water partition coefficient (Wildman–Crippen LogP) is 2.71. The van der Waals surface area contributed by atoms with E-state index in [4.69, 9.17) is 0 Å². The summed E-state index contributed by atoms with van der Waals surface area (Å²) in [5.74, 6) is 0. The highest BCUT2D eigenvalue weighted by atomic mass is 15.1. The van der Waals surface area contributed by atoms with Crippen LogP contribution in [0.5, 0.6) is 0 Å². The predicted molar refractivity (Wildman–Crippen MR) is 67.1 cm³/mol. The zero-order chi connectivity index (χ0) is 12.1. The smallest absolute Gasteiger partial charge is 0.138 e. The fraction of sp³-hybridized carbons (Fsp3) is 0.214. The van der Waals surface area contributed by atoms with Crippen LogP contribution in [0.1, 0.15) is 17.3 Å². The highest BCUT2D eigenvalue weighted by Crippen LogP contribution is 2.18. The van der Waals surface area contributed by atoms with E-state index in [0.717, 1.165) is 12.2 Å². The van der Waals surface area contributed by atoms with Crippen LogP contribution in [0.3, 0.4) is 0 Å². The number of benzene rings is 1. The number of hydrogen-bond acceptors (Lipinski definition) is 2. The molecule has 1 aromatic carbocycles. The van der Waals surface area contributed by atoms with E-state index < -0.39 is 0 Å². The Morgan fingerprint density at radius 2 is 2.00 bits per heavy atom. The summed E-state index contributed by atoms with van der Waals surface area (Å²) in [4.78, 5) is 5.12. The maximum Gasteiger partial charge on any atom is 0.138 e. The summed E-state index contributed by atoms with van der Waals surface area (Å²) in [6.45, 7) is 0.762. The zero-order valence-corrected chi connectivity index (χ0v) is 9.80. The first-order valence-corrected chi connectivity index (χ1v) is 5.58. The van der Waals surface area contributed by atoms with Gasteiger partial charge in [-0.15, -0.1) is 0 Å². The zero-order valence-electron chi connectivity index (χ0n) is 9.80. The lowest BCUT2D eigenvalue weighted by Gasteiger charge is -2.21. The summed E-state index contributed by atoms with van der Waals surface area (Å²) in [6, 6.07) is 16.1. The minimum Gasteiger partial charge on any atom is -0.363 e. The molecule has 17 heavy (non-hydrogen) atoms. The van der Waals surface area contributed by atoms with Crippen LogP contribution >= 0.6 is 0 Å². The molecule has 0 spiro atoms. The molecule has 3 nitrogen and oxygen atoms in total. The van der Waals surface area contributed by atoms with Crippen LogP contribution in [-0.4, -0.2) is 16.9 Å². The Morgan fingerprint density at radius 3 is 2.59 bits per heavy atom. The maximum atomic E-state index is 9.23. The summed E-state index contributed by atoms with van der Waals surface area (Å²) in [7, 11) is 1.96. The Hall–Kier alpha value is -2.05. The van der Waals surface area contributed by atoms with Crippen molar-refractivity contribution in [3.8, 4) is 6.07 Å². The van der Waals surface area contributed by atoms with Crippen LogP contribution in [0.25, 0.3) is 0 Å². The average Bonchev–Trinajstić information content (AvgIpc) is 2.85. The first kappa shape index (κ1) is 11.4. The largest absolute Gasteiger partial charge is 0.363 e. The van der Waals surface area contributed by atoms with E-state index in [9.17, 15) is 5.26 Å². The van der Waals surface area contributed by atoms with Gasteiger partial charge in [-0.1, -0.05) is 30.3 Å². The van der Waals surface area contributed by atoms with Crippen molar-refractivity contribution in [2.45, 2.75) is 12.6 Å². The molecule has 1 unspecified atom stereocenters. The fourth-order valence-corrected chi connectivity index (χ4v) is 1.88. The molecule has 1 atom stereocenters. The third-order valence-corrected chi connectivity index (χ3v) is 2.75. The second-order valence-electron chi connectivity index (χ2n) is 4.06. The van der Waals surface area contributed by atoms with Crippen molar-refractivity contribution in [3.63, 3.8) is 0 Å². The second-order valence-corrected chi connectivity index (χ2v) is 4.06. The highest BCUT2D eigenvalue weighted by Gasteiger charge is 2.16. The molecule has 0 fully saturated rings. The minimum atomic E-state index is -0.231. The van der Waals surface area contributed by atoms with Crippen molar-refractivity contribution in [3.05, 3.63) is 59.9 Å². The summed E-state index contributed by atoms with van der Waals surface area (Å²) in [5.41, 5.74) is 2.15. The number of aromatic amines is 1. The molecule has 0 bridgehead atoms. The van der Waals surface area contributed by atoms with Gasteiger partial charge in [-0.05, 0) is 24.7 Å². The second kappa shape index (κ2) is 5.33. The molecule has 0 aliphatic carbocycles. The number of hydrogen-bond donors (Lipinski definition) is 1. The van der Waals surface area contributed by atoms with E-state index in [0.29, 0.717) is 0 Å². The quantitative estimate of drug-likeness (QED) is 0.869. The van der Waals surface area contributed by atoms with Gasteiger partial charge < -0.3 is 4.98 Å². The molecule has 2 rings (SSSR count). The Balaban J connectivity index is 2.09. The van der Waals surface area contributed by atoms with Gasteiger partial charge in [0.05, 0.1) is 6.07 Å². The van der Waals surface area contributed by atoms with Gasteiger partial charge in [0, 0.05) is 18.4 Å². The normalized spacial score (nSPS) is 12.3. The van der Waals surface area contributed by atoms with E-state index in [1.807, 2.05) is 48.5 Å². The Morgan fingerprint density at radius 1 is 1.24 bits per heavy atom. The molecule has 0 saturated heterocycles. The minimum absolute atomic E-state index is 0.231. The van der Waals surface area contributed by atoms with Crippen molar-refractivity contribution in [1.29, 1.82) is 5.26 Å². The van der Waals surface area contributed by atoms with Crippen LogP contribution in [0, 0.1) is 11.3 Å². The summed E-state index contributed by atoms with van der Waals surface area (Å²) < 4.78 is 0. The van der Waals surface area contributed by atoms with Gasteiger partial charge >= 0.3 is 0 Å². The molecule has 0 saturated carbocycles. The Kier molecular flexibility index (Phi) is 3.59. The molecule has 3 heteroatoms. The van der Waals surface area contributed by atoms with Gasteiger partial charge in [0.1, 0.15) is 6.04 Å². The molecule has 2 aromatic rings. The van der Waals surface area contributed by atoms with Crippen molar-refractivity contribution >= 4 is 0 Å². The third-order valence-electron chi connectivity index (χ3n) is 2.75. The molecule has 1 heterocycles. The maximum absolute atomic E-state index is 9.23. The molecule has 0 aliphatic heterocycles. The lowest BCUT2D eigenvalue weighted by atomic mass is 10.1. The molecule has 1 aromatic heterocycles. The summed E-state index contributed by atoms with van der Waals surface area (Å²) >= 11 is 0. The molecular weight excluding hydrogens is 210 g/mol. The fourth-order valence-electron chi connectivity index (χ4n) is 1.88. The van der Waals surface area contributed by atoms with Crippen molar-refractivity contribution < 1.29 is 0 Å².